The van der Waals surface area contributed by atoms with Crippen molar-refractivity contribution in [1.82, 2.24) is 15.1 Å². The SMILES string of the molecule is CNC1COCC1C(=O)Cc1c(C)nn(C)c1Cl. The summed E-state index contributed by atoms with van der Waals surface area (Å²) in [5, 5.41) is 7.87. The summed E-state index contributed by atoms with van der Waals surface area (Å²) >= 11 is 6.14. The molecule has 1 aliphatic rings. The number of halogens is 1. The molecule has 1 fully saturated rings. The van der Waals surface area contributed by atoms with Gasteiger partial charge < -0.3 is 10.1 Å². The monoisotopic (exact) mass is 271 g/mol. The highest BCUT2D eigenvalue weighted by Gasteiger charge is 2.33. The molecule has 0 radical (unpaired) electrons. The maximum atomic E-state index is 12.3. The van der Waals surface area contributed by atoms with Crippen molar-refractivity contribution in [2.75, 3.05) is 20.3 Å². The molecule has 0 amide bonds. The minimum absolute atomic E-state index is 0.0920. The van der Waals surface area contributed by atoms with E-state index in [0.717, 1.165) is 11.3 Å². The molecule has 0 saturated carbocycles. The highest BCUT2D eigenvalue weighted by molar-refractivity contribution is 6.30. The second-order valence-corrected chi connectivity index (χ2v) is 5.02. The molecule has 0 aliphatic carbocycles. The molecule has 2 unspecified atom stereocenters. The molecule has 2 atom stereocenters. The number of aromatic nitrogens is 2. The zero-order valence-electron chi connectivity index (χ0n) is 10.9. The second-order valence-electron chi connectivity index (χ2n) is 4.66. The Labute approximate surface area is 111 Å². The van der Waals surface area contributed by atoms with Gasteiger partial charge in [-0.1, -0.05) is 11.6 Å². The quantitative estimate of drug-likeness (QED) is 0.877. The van der Waals surface area contributed by atoms with Crippen LogP contribution in [-0.4, -0.2) is 41.9 Å². The van der Waals surface area contributed by atoms with Crippen molar-refractivity contribution in [2.45, 2.75) is 19.4 Å². The van der Waals surface area contributed by atoms with Crippen LogP contribution >= 0.6 is 11.6 Å². The van der Waals surface area contributed by atoms with Crippen molar-refractivity contribution >= 4 is 17.4 Å². The number of nitrogens with one attached hydrogen (secondary N) is 1. The number of Topliss-reactive ketones (excluding diaryl/α,β-unsaturated/α-hetero) is 1. The Kier molecular flexibility index (Phi) is 4.04. The average Bonchev–Trinajstić information content (AvgIpc) is 2.90. The molecule has 1 N–H and O–H groups in total. The Hall–Kier alpha value is -0.910. The Morgan fingerprint density at radius 1 is 1.61 bits per heavy atom. The fourth-order valence-electron chi connectivity index (χ4n) is 2.34. The molecule has 0 bridgehead atoms. The van der Waals surface area contributed by atoms with Gasteiger partial charge in [-0.2, -0.15) is 5.10 Å². The van der Waals surface area contributed by atoms with E-state index in [1.54, 1.807) is 11.7 Å². The van der Waals surface area contributed by atoms with E-state index in [0.29, 0.717) is 24.8 Å². The summed E-state index contributed by atoms with van der Waals surface area (Å²) in [4.78, 5) is 12.3. The third kappa shape index (κ3) is 2.43. The molecule has 1 aromatic heterocycles. The van der Waals surface area contributed by atoms with Crippen LogP contribution in [0.4, 0.5) is 0 Å². The number of likely N-dealkylation sites (N-methyl/N-ethyl adjacent to an activating group) is 1. The lowest BCUT2D eigenvalue weighted by Crippen LogP contribution is -2.37. The van der Waals surface area contributed by atoms with Gasteiger partial charge in [0.25, 0.3) is 0 Å². The van der Waals surface area contributed by atoms with E-state index < -0.39 is 0 Å². The highest BCUT2D eigenvalue weighted by Crippen LogP contribution is 2.23. The van der Waals surface area contributed by atoms with Crippen LogP contribution in [0.15, 0.2) is 0 Å². The van der Waals surface area contributed by atoms with Gasteiger partial charge in [-0.3, -0.25) is 9.48 Å². The first-order valence-corrected chi connectivity index (χ1v) is 6.38. The molecule has 1 aromatic rings. The van der Waals surface area contributed by atoms with Crippen molar-refractivity contribution < 1.29 is 9.53 Å². The molecular formula is C12H18ClN3O2. The number of hydrogen-bond donors (Lipinski definition) is 1. The number of rotatable bonds is 4. The minimum atomic E-state index is -0.0920. The first-order chi connectivity index (χ1) is 8.54. The number of ketones is 1. The van der Waals surface area contributed by atoms with Gasteiger partial charge in [0, 0.05) is 25.1 Å². The van der Waals surface area contributed by atoms with Gasteiger partial charge in [-0.05, 0) is 14.0 Å². The van der Waals surface area contributed by atoms with E-state index in [1.165, 1.54) is 0 Å². The van der Waals surface area contributed by atoms with Crippen LogP contribution in [0.2, 0.25) is 5.15 Å². The van der Waals surface area contributed by atoms with Gasteiger partial charge in [-0.15, -0.1) is 0 Å². The fourth-order valence-corrected chi connectivity index (χ4v) is 2.58. The Balaban J connectivity index is 2.11. The van der Waals surface area contributed by atoms with E-state index >= 15 is 0 Å². The summed E-state index contributed by atoms with van der Waals surface area (Å²) in [6, 6.07) is 0.105. The average molecular weight is 272 g/mol. The predicted molar refractivity (Wildman–Crippen MR) is 68.8 cm³/mol. The van der Waals surface area contributed by atoms with Crippen molar-refractivity contribution in [3.63, 3.8) is 0 Å². The van der Waals surface area contributed by atoms with Crippen LogP contribution in [0.1, 0.15) is 11.3 Å². The maximum Gasteiger partial charge on any atom is 0.144 e. The lowest BCUT2D eigenvalue weighted by molar-refractivity contribution is -0.122. The van der Waals surface area contributed by atoms with Crippen LogP contribution in [0.3, 0.4) is 0 Å². The van der Waals surface area contributed by atoms with E-state index in [2.05, 4.69) is 10.4 Å². The molecular weight excluding hydrogens is 254 g/mol. The zero-order valence-corrected chi connectivity index (χ0v) is 11.6. The van der Waals surface area contributed by atoms with Crippen molar-refractivity contribution in [2.24, 2.45) is 13.0 Å². The van der Waals surface area contributed by atoms with Gasteiger partial charge in [0.2, 0.25) is 0 Å². The summed E-state index contributed by atoms with van der Waals surface area (Å²) in [5.41, 5.74) is 1.64. The Bertz CT molecular complexity index is 458. The van der Waals surface area contributed by atoms with E-state index in [9.17, 15) is 4.79 Å². The Morgan fingerprint density at radius 2 is 2.33 bits per heavy atom. The van der Waals surface area contributed by atoms with Gasteiger partial charge in [-0.25, -0.2) is 0 Å². The number of carbonyl (C=O) groups is 1. The molecule has 2 heterocycles. The highest BCUT2D eigenvalue weighted by atomic mass is 35.5. The lowest BCUT2D eigenvalue weighted by atomic mass is 9.94. The molecule has 0 aromatic carbocycles. The standard InChI is InChI=1S/C12H18ClN3O2/c1-7-8(12(13)16(3)15-7)4-11(17)9-5-18-6-10(9)14-2/h9-10,14H,4-6H2,1-3H3. The molecule has 100 valence electrons. The number of hydrogen-bond acceptors (Lipinski definition) is 4. The molecule has 1 saturated heterocycles. The molecule has 18 heavy (non-hydrogen) atoms. The summed E-state index contributed by atoms with van der Waals surface area (Å²) in [7, 11) is 3.63. The predicted octanol–water partition coefficient (Wildman–Crippen LogP) is 0.728. The van der Waals surface area contributed by atoms with E-state index in [1.807, 2.05) is 14.0 Å². The lowest BCUT2D eigenvalue weighted by Gasteiger charge is -2.15. The fraction of sp³-hybridized carbons (Fsp3) is 0.667. The van der Waals surface area contributed by atoms with Gasteiger partial charge >= 0.3 is 0 Å². The van der Waals surface area contributed by atoms with Crippen LogP contribution in [0.5, 0.6) is 0 Å². The molecule has 1 aliphatic heterocycles. The summed E-state index contributed by atoms with van der Waals surface area (Å²) in [5.74, 6) is 0.0653. The van der Waals surface area contributed by atoms with Gasteiger partial charge in [0.05, 0.1) is 24.8 Å². The molecule has 5 nitrogen and oxygen atoms in total. The Morgan fingerprint density at radius 3 is 2.89 bits per heavy atom. The van der Waals surface area contributed by atoms with Crippen molar-refractivity contribution in [1.29, 1.82) is 0 Å². The molecule has 0 spiro atoms. The number of nitrogens with zero attached hydrogens (tertiary/aromatic N) is 2. The zero-order chi connectivity index (χ0) is 13.3. The molecule has 6 heteroatoms. The number of carbonyl (C=O) groups excluding carboxylic acids is 1. The van der Waals surface area contributed by atoms with Crippen LogP contribution in [-0.2, 0) is 23.0 Å². The largest absolute Gasteiger partial charge is 0.379 e. The minimum Gasteiger partial charge on any atom is -0.379 e. The van der Waals surface area contributed by atoms with Gasteiger partial charge in [0.15, 0.2) is 0 Å². The third-order valence-electron chi connectivity index (χ3n) is 3.49. The maximum absolute atomic E-state index is 12.3. The smallest absolute Gasteiger partial charge is 0.144 e. The van der Waals surface area contributed by atoms with Crippen molar-refractivity contribution in [3.05, 3.63) is 16.4 Å². The summed E-state index contributed by atoms with van der Waals surface area (Å²) in [6.45, 7) is 2.95. The first-order valence-electron chi connectivity index (χ1n) is 6.00. The molecule has 2 rings (SSSR count). The number of aryl methyl sites for hydroxylation is 2. The van der Waals surface area contributed by atoms with E-state index in [4.69, 9.17) is 16.3 Å². The number of ether oxygens (including phenoxy) is 1. The first kappa shape index (κ1) is 13.5. The van der Waals surface area contributed by atoms with Crippen molar-refractivity contribution in [3.8, 4) is 0 Å². The summed E-state index contributed by atoms with van der Waals surface area (Å²) < 4.78 is 6.95. The van der Waals surface area contributed by atoms with Crippen LogP contribution in [0, 0.1) is 12.8 Å². The van der Waals surface area contributed by atoms with Gasteiger partial charge in [0.1, 0.15) is 10.9 Å². The van der Waals surface area contributed by atoms with Crippen LogP contribution < -0.4 is 5.32 Å². The third-order valence-corrected chi connectivity index (χ3v) is 3.96. The van der Waals surface area contributed by atoms with Crippen LogP contribution in [0.25, 0.3) is 0 Å². The van der Waals surface area contributed by atoms with E-state index in [-0.39, 0.29) is 17.7 Å². The second kappa shape index (κ2) is 5.38. The topological polar surface area (TPSA) is 56.1 Å². The normalized spacial score (nSPS) is 23.6. The summed E-state index contributed by atoms with van der Waals surface area (Å²) in [6.07, 6.45) is 0.324.